The summed E-state index contributed by atoms with van der Waals surface area (Å²) in [6, 6.07) is 14.3. The molecule has 0 N–H and O–H groups in total. The highest BCUT2D eigenvalue weighted by atomic mass is 16.5. The topological polar surface area (TPSA) is 9.23 Å². The lowest BCUT2D eigenvalue weighted by molar-refractivity contribution is 0.150. The van der Waals surface area contributed by atoms with Gasteiger partial charge in [-0.25, -0.2) is 0 Å². The van der Waals surface area contributed by atoms with Crippen molar-refractivity contribution >= 4 is 10.8 Å². The molecule has 2 rings (SSSR count). The Morgan fingerprint density at radius 3 is 2.53 bits per heavy atom. The Morgan fingerprint density at radius 2 is 1.87 bits per heavy atom. The summed E-state index contributed by atoms with van der Waals surface area (Å²) in [6.07, 6.45) is 5.13. The van der Waals surface area contributed by atoms with Crippen LogP contribution in [0.4, 0.5) is 0 Å². The van der Waals surface area contributed by atoms with Crippen molar-refractivity contribution < 1.29 is 4.74 Å². The molecule has 0 bridgehead atoms. The van der Waals surface area contributed by atoms with Gasteiger partial charge in [0.2, 0.25) is 0 Å². The quantitative estimate of drug-likeness (QED) is 0.670. The molecule has 1 atom stereocenters. The maximum atomic E-state index is 5.38. The zero-order chi connectivity index (χ0) is 10.7. The third kappa shape index (κ3) is 1.86. The lowest BCUT2D eigenvalue weighted by Gasteiger charge is -2.09. The van der Waals surface area contributed by atoms with Crippen molar-refractivity contribution in [3.05, 3.63) is 48.0 Å². The second-order valence-corrected chi connectivity index (χ2v) is 3.39. The first-order valence-electron chi connectivity index (χ1n) is 4.83. The Morgan fingerprint density at radius 1 is 1.13 bits per heavy atom. The van der Waals surface area contributed by atoms with E-state index in [0.717, 1.165) is 5.56 Å². The normalized spacial score (nSPS) is 12.3. The van der Waals surface area contributed by atoms with Crippen LogP contribution in [0.5, 0.6) is 0 Å². The maximum Gasteiger partial charge on any atom is 0.142 e. The number of fused-ring (bicyclic) bond motifs is 1. The Labute approximate surface area is 89.7 Å². The molecule has 15 heavy (non-hydrogen) atoms. The van der Waals surface area contributed by atoms with Gasteiger partial charge < -0.3 is 4.74 Å². The van der Waals surface area contributed by atoms with Gasteiger partial charge in [-0.3, -0.25) is 0 Å². The lowest BCUT2D eigenvalue weighted by atomic mass is 10.0. The van der Waals surface area contributed by atoms with Crippen LogP contribution in [0.2, 0.25) is 0 Å². The second kappa shape index (κ2) is 4.16. The van der Waals surface area contributed by atoms with E-state index < -0.39 is 0 Å². The molecule has 0 amide bonds. The van der Waals surface area contributed by atoms with Crippen molar-refractivity contribution in [1.82, 2.24) is 0 Å². The minimum absolute atomic E-state index is 0.255. The average Bonchev–Trinajstić information content (AvgIpc) is 2.30. The van der Waals surface area contributed by atoms with Gasteiger partial charge in [0.05, 0.1) is 0 Å². The largest absolute Gasteiger partial charge is 0.364 e. The third-order valence-electron chi connectivity index (χ3n) is 2.46. The van der Waals surface area contributed by atoms with Crippen molar-refractivity contribution in [2.45, 2.75) is 6.10 Å². The Hall–Kier alpha value is -1.78. The Kier molecular flexibility index (Phi) is 2.71. The van der Waals surface area contributed by atoms with Crippen LogP contribution in [-0.4, -0.2) is 7.11 Å². The summed E-state index contributed by atoms with van der Waals surface area (Å²) in [5, 5.41) is 2.40. The molecule has 0 heterocycles. The van der Waals surface area contributed by atoms with E-state index in [0.29, 0.717) is 0 Å². The molecular weight excluding hydrogens is 184 g/mol. The number of terminal acetylenes is 1. The van der Waals surface area contributed by atoms with E-state index in [4.69, 9.17) is 11.2 Å². The molecule has 0 aliphatic rings. The number of hydrogen-bond donors (Lipinski definition) is 0. The third-order valence-corrected chi connectivity index (χ3v) is 2.46. The van der Waals surface area contributed by atoms with Crippen LogP contribution in [0.25, 0.3) is 10.8 Å². The zero-order valence-corrected chi connectivity index (χ0v) is 8.60. The fraction of sp³-hybridized carbons (Fsp3) is 0.143. The first-order chi connectivity index (χ1) is 7.35. The van der Waals surface area contributed by atoms with Crippen LogP contribution in [0, 0.1) is 12.3 Å². The molecule has 0 spiro atoms. The van der Waals surface area contributed by atoms with E-state index in [2.05, 4.69) is 30.2 Å². The summed E-state index contributed by atoms with van der Waals surface area (Å²) < 4.78 is 5.20. The van der Waals surface area contributed by atoms with Crippen LogP contribution in [0.15, 0.2) is 42.5 Å². The molecule has 0 aliphatic heterocycles. The Balaban J connectivity index is 2.52. The molecule has 0 fully saturated rings. The van der Waals surface area contributed by atoms with Gasteiger partial charge in [0.15, 0.2) is 0 Å². The Bertz CT molecular complexity index is 508. The second-order valence-electron chi connectivity index (χ2n) is 3.39. The van der Waals surface area contributed by atoms with E-state index in [-0.39, 0.29) is 6.10 Å². The van der Waals surface area contributed by atoms with Gasteiger partial charge in [-0.2, -0.15) is 0 Å². The highest BCUT2D eigenvalue weighted by Crippen LogP contribution is 2.21. The first kappa shape index (κ1) is 9.76. The molecule has 0 saturated heterocycles. The molecular formula is C14H12O. The number of methoxy groups -OCH3 is 1. The van der Waals surface area contributed by atoms with Crippen molar-refractivity contribution in [1.29, 1.82) is 0 Å². The molecule has 0 radical (unpaired) electrons. The van der Waals surface area contributed by atoms with Crippen LogP contribution in [-0.2, 0) is 4.74 Å². The predicted molar refractivity (Wildman–Crippen MR) is 62.5 cm³/mol. The molecule has 0 aliphatic carbocycles. The van der Waals surface area contributed by atoms with Gasteiger partial charge in [0, 0.05) is 7.11 Å². The van der Waals surface area contributed by atoms with Crippen molar-refractivity contribution in [3.63, 3.8) is 0 Å². The minimum atomic E-state index is -0.255. The van der Waals surface area contributed by atoms with E-state index in [1.807, 2.05) is 18.2 Å². The summed E-state index contributed by atoms with van der Waals surface area (Å²) in [5.41, 5.74) is 1.03. The first-order valence-corrected chi connectivity index (χ1v) is 4.83. The van der Waals surface area contributed by atoms with Crippen molar-refractivity contribution in [3.8, 4) is 12.3 Å². The summed E-state index contributed by atoms with van der Waals surface area (Å²) >= 11 is 0. The molecule has 2 aromatic carbocycles. The van der Waals surface area contributed by atoms with Gasteiger partial charge in [0.25, 0.3) is 0 Å². The van der Waals surface area contributed by atoms with Gasteiger partial charge >= 0.3 is 0 Å². The molecule has 0 aromatic heterocycles. The van der Waals surface area contributed by atoms with Crippen molar-refractivity contribution in [2.24, 2.45) is 0 Å². The van der Waals surface area contributed by atoms with E-state index >= 15 is 0 Å². The fourth-order valence-electron chi connectivity index (χ4n) is 1.67. The molecule has 0 saturated carbocycles. The summed E-state index contributed by atoms with van der Waals surface area (Å²) in [4.78, 5) is 0. The minimum Gasteiger partial charge on any atom is -0.364 e. The maximum absolute atomic E-state index is 5.38. The average molecular weight is 196 g/mol. The van der Waals surface area contributed by atoms with Gasteiger partial charge in [-0.1, -0.05) is 42.3 Å². The van der Waals surface area contributed by atoms with Crippen LogP contribution >= 0.6 is 0 Å². The monoisotopic (exact) mass is 196 g/mol. The van der Waals surface area contributed by atoms with Gasteiger partial charge in [0.1, 0.15) is 6.10 Å². The number of rotatable bonds is 2. The molecule has 74 valence electrons. The van der Waals surface area contributed by atoms with E-state index in [1.54, 1.807) is 7.11 Å². The number of benzene rings is 2. The van der Waals surface area contributed by atoms with Crippen molar-refractivity contribution in [2.75, 3.05) is 7.11 Å². The summed E-state index contributed by atoms with van der Waals surface area (Å²) in [6.45, 7) is 0. The van der Waals surface area contributed by atoms with Gasteiger partial charge in [-0.05, 0) is 22.4 Å². The smallest absolute Gasteiger partial charge is 0.142 e. The molecule has 1 nitrogen and oxygen atoms in total. The predicted octanol–water partition coefficient (Wildman–Crippen LogP) is 3.16. The highest BCUT2D eigenvalue weighted by molar-refractivity contribution is 5.83. The van der Waals surface area contributed by atoms with Crippen LogP contribution < -0.4 is 0 Å². The van der Waals surface area contributed by atoms with E-state index in [1.165, 1.54) is 10.8 Å². The molecule has 2 aromatic rings. The number of ether oxygens (including phenoxy) is 1. The summed E-state index contributed by atoms with van der Waals surface area (Å²) in [7, 11) is 1.62. The summed E-state index contributed by atoms with van der Waals surface area (Å²) in [5.74, 6) is 2.61. The fourth-order valence-corrected chi connectivity index (χ4v) is 1.67. The van der Waals surface area contributed by atoms with Crippen LogP contribution in [0.3, 0.4) is 0 Å². The molecule has 1 heteroatoms. The van der Waals surface area contributed by atoms with Gasteiger partial charge in [-0.15, -0.1) is 6.42 Å². The number of hydrogen-bond acceptors (Lipinski definition) is 1. The molecule has 1 unspecified atom stereocenters. The lowest BCUT2D eigenvalue weighted by Crippen LogP contribution is -1.97. The van der Waals surface area contributed by atoms with Crippen LogP contribution in [0.1, 0.15) is 11.7 Å². The van der Waals surface area contributed by atoms with E-state index in [9.17, 15) is 0 Å². The SMILES string of the molecule is C#CC(OC)c1ccc2ccccc2c1. The zero-order valence-electron chi connectivity index (χ0n) is 8.60. The highest BCUT2D eigenvalue weighted by Gasteiger charge is 2.06. The standard InChI is InChI=1S/C14H12O/c1-3-14(15-2)13-9-8-11-6-4-5-7-12(11)10-13/h1,4-10,14H,2H3.